The molecule has 0 amide bonds. The maximum atomic E-state index is 13.1. The van der Waals surface area contributed by atoms with Crippen LogP contribution in [0.3, 0.4) is 0 Å². The van der Waals surface area contributed by atoms with Crippen LogP contribution in [0.5, 0.6) is 0 Å². The van der Waals surface area contributed by atoms with Gasteiger partial charge < -0.3 is 10.6 Å². The predicted molar refractivity (Wildman–Crippen MR) is 130 cm³/mol. The number of fused-ring (bicyclic) bond motifs is 2. The van der Waals surface area contributed by atoms with Crippen LogP contribution in [0.4, 0.5) is 11.6 Å². The fourth-order valence-electron chi connectivity index (χ4n) is 4.21. The van der Waals surface area contributed by atoms with Crippen molar-refractivity contribution in [3.8, 4) is 5.69 Å². The molecule has 1 aliphatic rings. The normalized spacial score (nSPS) is 13.3. The Kier molecular flexibility index (Phi) is 5.51. The number of pyridine rings is 1. The van der Waals surface area contributed by atoms with Gasteiger partial charge in [-0.2, -0.15) is 4.98 Å². The Hall–Kier alpha value is -3.78. The summed E-state index contributed by atoms with van der Waals surface area (Å²) in [6.07, 6.45) is 6.06. The summed E-state index contributed by atoms with van der Waals surface area (Å²) in [6, 6.07) is 10.2. The second-order valence-electron chi connectivity index (χ2n) is 8.55. The summed E-state index contributed by atoms with van der Waals surface area (Å²) in [5.41, 5.74) is 5.74. The van der Waals surface area contributed by atoms with Crippen LogP contribution in [0.15, 0.2) is 60.2 Å². The lowest BCUT2D eigenvalue weighted by Gasteiger charge is -2.18. The zero-order chi connectivity index (χ0) is 22.9. The zero-order valence-electron chi connectivity index (χ0n) is 18.9. The van der Waals surface area contributed by atoms with Gasteiger partial charge >= 0.3 is 0 Å². The summed E-state index contributed by atoms with van der Waals surface area (Å²) in [5, 5.41) is 7.16. The molecule has 0 aliphatic carbocycles. The summed E-state index contributed by atoms with van der Waals surface area (Å²) >= 11 is 0. The lowest BCUT2D eigenvalue weighted by molar-refractivity contribution is 0.604. The van der Waals surface area contributed by atoms with Crippen molar-refractivity contribution in [2.24, 2.45) is 0 Å². The molecule has 5 rings (SSSR count). The minimum atomic E-state index is -0.152. The monoisotopic (exact) mass is 441 g/mol. The van der Waals surface area contributed by atoms with Gasteiger partial charge in [0.2, 0.25) is 5.95 Å². The summed E-state index contributed by atoms with van der Waals surface area (Å²) in [5.74, 6) is 0.705. The van der Waals surface area contributed by atoms with Gasteiger partial charge in [0, 0.05) is 30.3 Å². The van der Waals surface area contributed by atoms with Crippen molar-refractivity contribution in [3.63, 3.8) is 0 Å². The Balaban J connectivity index is 1.61. The molecule has 0 radical (unpaired) electrons. The van der Waals surface area contributed by atoms with E-state index < -0.39 is 0 Å². The van der Waals surface area contributed by atoms with Crippen LogP contribution in [0.1, 0.15) is 36.6 Å². The van der Waals surface area contributed by atoms with E-state index in [1.807, 2.05) is 22.9 Å². The average molecular weight is 442 g/mol. The van der Waals surface area contributed by atoms with Gasteiger partial charge in [-0.1, -0.05) is 26.0 Å². The average Bonchev–Trinajstić information content (AvgIpc) is 3.10. The first kappa shape index (κ1) is 21.1. The molecule has 0 unspecified atom stereocenters. The highest BCUT2D eigenvalue weighted by Gasteiger charge is 2.18. The molecule has 4 aromatic rings. The van der Waals surface area contributed by atoms with Crippen molar-refractivity contribution in [3.05, 3.63) is 82.6 Å². The first-order chi connectivity index (χ1) is 16.0. The van der Waals surface area contributed by atoms with E-state index in [2.05, 4.69) is 53.2 Å². The van der Waals surface area contributed by atoms with Gasteiger partial charge in [-0.15, -0.1) is 6.58 Å². The number of nitrogens with one attached hydrogen (secondary N) is 2. The highest BCUT2D eigenvalue weighted by atomic mass is 16.1. The molecule has 0 saturated heterocycles. The Bertz CT molecular complexity index is 1400. The van der Waals surface area contributed by atoms with Crippen LogP contribution in [0.2, 0.25) is 0 Å². The minimum absolute atomic E-state index is 0.152. The van der Waals surface area contributed by atoms with E-state index in [9.17, 15) is 4.79 Å². The van der Waals surface area contributed by atoms with Crippen molar-refractivity contribution in [1.29, 1.82) is 0 Å². The molecular weight excluding hydrogens is 414 g/mol. The molecule has 33 heavy (non-hydrogen) atoms. The number of rotatable bonds is 6. The number of anilines is 2. The molecule has 8 heteroatoms. The highest BCUT2D eigenvalue weighted by Crippen LogP contribution is 2.23. The molecular formula is C25H27N7O. The van der Waals surface area contributed by atoms with Gasteiger partial charge in [-0.25, -0.2) is 14.3 Å². The molecule has 2 N–H and O–H groups in total. The van der Waals surface area contributed by atoms with E-state index in [-0.39, 0.29) is 11.5 Å². The van der Waals surface area contributed by atoms with Crippen LogP contribution >= 0.6 is 0 Å². The molecule has 0 saturated carbocycles. The van der Waals surface area contributed by atoms with Gasteiger partial charge in [-0.3, -0.25) is 9.78 Å². The molecule has 4 heterocycles. The molecule has 0 spiro atoms. The van der Waals surface area contributed by atoms with Crippen LogP contribution < -0.4 is 16.2 Å². The number of hydrogen-bond donors (Lipinski definition) is 2. The maximum absolute atomic E-state index is 13.1. The Morgan fingerprint density at radius 1 is 1.21 bits per heavy atom. The van der Waals surface area contributed by atoms with E-state index in [1.54, 1.807) is 23.2 Å². The fraction of sp³-hybridized carbons (Fsp3) is 0.280. The third kappa shape index (κ3) is 3.93. The standard InChI is InChI=1S/C25H27N7O/c1-4-11-31-24(33)21-15-28-25(29-19-6-5-18-14-26-9-7-17(18)12-19)30-23(21)32(31)20-8-10-27-22(13-20)16(2)3/h4-6,8,10,12-13,15-16,26H,1,7,9,11,14H2,2-3H3,(H,28,29,30). The van der Waals surface area contributed by atoms with E-state index in [1.165, 1.54) is 11.1 Å². The third-order valence-electron chi connectivity index (χ3n) is 5.93. The highest BCUT2D eigenvalue weighted by molar-refractivity contribution is 5.77. The fourth-order valence-corrected chi connectivity index (χ4v) is 4.21. The molecule has 0 bridgehead atoms. The smallest absolute Gasteiger partial charge is 0.278 e. The maximum Gasteiger partial charge on any atom is 0.278 e. The molecule has 1 aliphatic heterocycles. The number of benzene rings is 1. The quantitative estimate of drug-likeness (QED) is 0.444. The summed E-state index contributed by atoms with van der Waals surface area (Å²) in [4.78, 5) is 26.8. The Labute approximate surface area is 192 Å². The van der Waals surface area contributed by atoms with E-state index in [4.69, 9.17) is 4.98 Å². The van der Waals surface area contributed by atoms with Crippen molar-refractivity contribution in [1.82, 2.24) is 29.6 Å². The zero-order valence-corrected chi connectivity index (χ0v) is 18.9. The number of aromatic nitrogens is 5. The molecule has 168 valence electrons. The second-order valence-corrected chi connectivity index (χ2v) is 8.55. The first-order valence-electron chi connectivity index (χ1n) is 11.2. The number of allylic oxidation sites excluding steroid dienone is 1. The minimum Gasteiger partial charge on any atom is -0.324 e. The number of hydrogen-bond acceptors (Lipinski definition) is 6. The SMILES string of the molecule is C=CCn1c(=O)c2cnc(Nc3ccc4c(c3)CCNC4)nc2n1-c1ccnc(C(C)C)c1. The predicted octanol–water partition coefficient (Wildman–Crippen LogP) is 3.68. The van der Waals surface area contributed by atoms with Crippen LogP contribution in [0.25, 0.3) is 16.7 Å². The second kappa shape index (κ2) is 8.63. The van der Waals surface area contributed by atoms with Gasteiger partial charge in [0.25, 0.3) is 5.56 Å². The summed E-state index contributed by atoms with van der Waals surface area (Å²) in [6.45, 7) is 10.2. The lowest BCUT2D eigenvalue weighted by Crippen LogP contribution is -2.23. The van der Waals surface area contributed by atoms with Crippen molar-refractivity contribution >= 4 is 22.7 Å². The number of nitrogens with zero attached hydrogens (tertiary/aromatic N) is 5. The molecule has 0 atom stereocenters. The van der Waals surface area contributed by atoms with Crippen molar-refractivity contribution < 1.29 is 0 Å². The first-order valence-corrected chi connectivity index (χ1v) is 11.2. The van der Waals surface area contributed by atoms with E-state index >= 15 is 0 Å². The van der Waals surface area contributed by atoms with E-state index in [0.717, 1.165) is 36.6 Å². The Morgan fingerprint density at radius 2 is 2.09 bits per heavy atom. The summed E-state index contributed by atoms with van der Waals surface area (Å²) in [7, 11) is 0. The third-order valence-corrected chi connectivity index (χ3v) is 5.93. The van der Waals surface area contributed by atoms with Crippen molar-refractivity contribution in [2.45, 2.75) is 39.3 Å². The van der Waals surface area contributed by atoms with Gasteiger partial charge in [0.15, 0.2) is 5.65 Å². The molecule has 0 fully saturated rings. The molecule has 3 aromatic heterocycles. The van der Waals surface area contributed by atoms with Gasteiger partial charge in [0.05, 0.1) is 12.2 Å². The van der Waals surface area contributed by atoms with Crippen LogP contribution in [-0.2, 0) is 19.5 Å². The Morgan fingerprint density at radius 3 is 2.91 bits per heavy atom. The van der Waals surface area contributed by atoms with Gasteiger partial charge in [0.1, 0.15) is 5.39 Å². The van der Waals surface area contributed by atoms with Crippen molar-refractivity contribution in [2.75, 3.05) is 11.9 Å². The van der Waals surface area contributed by atoms with E-state index in [0.29, 0.717) is 23.5 Å². The molecule has 1 aromatic carbocycles. The van der Waals surface area contributed by atoms with Crippen LogP contribution in [-0.4, -0.2) is 30.9 Å². The van der Waals surface area contributed by atoms with Gasteiger partial charge in [-0.05, 0) is 54.3 Å². The molecule has 8 nitrogen and oxygen atoms in total. The largest absolute Gasteiger partial charge is 0.324 e. The van der Waals surface area contributed by atoms with Crippen LogP contribution in [0, 0.1) is 0 Å². The lowest BCUT2D eigenvalue weighted by atomic mass is 10.0. The topological polar surface area (TPSA) is 89.7 Å². The summed E-state index contributed by atoms with van der Waals surface area (Å²) < 4.78 is 3.46.